The predicted octanol–water partition coefficient (Wildman–Crippen LogP) is 3.67. The monoisotopic (exact) mass is 261 g/mol. The Morgan fingerprint density at radius 3 is 2.79 bits per heavy atom. The van der Waals surface area contributed by atoms with Crippen LogP contribution in [-0.4, -0.2) is 30.6 Å². The van der Waals surface area contributed by atoms with Crippen molar-refractivity contribution in [3.8, 4) is 5.75 Å². The molecule has 2 rings (SSSR count). The first-order chi connectivity index (χ1) is 9.17. The molecule has 0 bridgehead atoms. The zero-order valence-electron chi connectivity index (χ0n) is 12.8. The molecule has 0 N–H and O–H groups in total. The van der Waals surface area contributed by atoms with Crippen molar-refractivity contribution in [2.75, 3.05) is 13.7 Å². The molecule has 2 heteroatoms. The van der Waals surface area contributed by atoms with Crippen LogP contribution in [0, 0.1) is 0 Å². The molecule has 2 nitrogen and oxygen atoms in total. The summed E-state index contributed by atoms with van der Waals surface area (Å²) in [7, 11) is 1.78. The highest BCUT2D eigenvalue weighted by Crippen LogP contribution is 2.31. The molecule has 1 aromatic carbocycles. The standard InChI is InChI=1S/C17H27NO/c1-5-11-18(13(2)3)15-9-10-16-14(12-15)7-6-8-17(16)19-4/h6-8,13,15H,5,9-12H2,1-4H3. The van der Waals surface area contributed by atoms with Gasteiger partial charge in [-0.1, -0.05) is 19.1 Å². The van der Waals surface area contributed by atoms with Gasteiger partial charge in [-0.25, -0.2) is 0 Å². The fraction of sp³-hybridized carbons (Fsp3) is 0.647. The van der Waals surface area contributed by atoms with Crippen molar-refractivity contribution >= 4 is 0 Å². The zero-order chi connectivity index (χ0) is 13.8. The quantitative estimate of drug-likeness (QED) is 0.802. The van der Waals surface area contributed by atoms with E-state index in [9.17, 15) is 0 Å². The van der Waals surface area contributed by atoms with Gasteiger partial charge in [-0.2, -0.15) is 0 Å². The molecule has 0 saturated carbocycles. The number of methoxy groups -OCH3 is 1. The average Bonchev–Trinajstić information content (AvgIpc) is 2.43. The lowest BCUT2D eigenvalue weighted by Gasteiger charge is -2.38. The van der Waals surface area contributed by atoms with Gasteiger partial charge >= 0.3 is 0 Å². The van der Waals surface area contributed by atoms with E-state index in [1.165, 1.54) is 36.9 Å². The van der Waals surface area contributed by atoms with Gasteiger partial charge in [0.05, 0.1) is 7.11 Å². The first kappa shape index (κ1) is 14.4. The second-order valence-corrected chi connectivity index (χ2v) is 5.83. The number of hydrogen-bond acceptors (Lipinski definition) is 2. The molecule has 0 amide bonds. The molecule has 1 aromatic rings. The van der Waals surface area contributed by atoms with Crippen molar-refractivity contribution in [2.24, 2.45) is 0 Å². The Morgan fingerprint density at radius 1 is 1.37 bits per heavy atom. The average molecular weight is 261 g/mol. The Balaban J connectivity index is 2.17. The lowest BCUT2D eigenvalue weighted by molar-refractivity contribution is 0.139. The third-order valence-corrected chi connectivity index (χ3v) is 4.25. The summed E-state index contributed by atoms with van der Waals surface area (Å²) in [5.74, 6) is 1.07. The Bertz CT molecular complexity index is 414. The maximum Gasteiger partial charge on any atom is 0.122 e. The van der Waals surface area contributed by atoms with Crippen LogP contribution in [0.2, 0.25) is 0 Å². The Hall–Kier alpha value is -1.02. The van der Waals surface area contributed by atoms with E-state index in [2.05, 4.69) is 43.9 Å². The SMILES string of the molecule is CCCN(C(C)C)C1CCc2c(cccc2OC)C1. The molecule has 1 atom stereocenters. The molecule has 0 heterocycles. The van der Waals surface area contributed by atoms with Crippen LogP contribution in [0.15, 0.2) is 18.2 Å². The molecule has 106 valence electrons. The first-order valence-corrected chi connectivity index (χ1v) is 7.57. The van der Waals surface area contributed by atoms with Crippen LogP contribution in [0.5, 0.6) is 5.75 Å². The fourth-order valence-electron chi connectivity index (χ4n) is 3.35. The summed E-state index contributed by atoms with van der Waals surface area (Å²) >= 11 is 0. The summed E-state index contributed by atoms with van der Waals surface area (Å²) in [5.41, 5.74) is 2.92. The van der Waals surface area contributed by atoms with Gasteiger partial charge in [0.15, 0.2) is 0 Å². The summed E-state index contributed by atoms with van der Waals surface area (Å²) in [6, 6.07) is 7.82. The summed E-state index contributed by atoms with van der Waals surface area (Å²) in [6.07, 6.45) is 4.81. The molecule has 1 aliphatic rings. The van der Waals surface area contributed by atoms with Gasteiger partial charge in [0.2, 0.25) is 0 Å². The van der Waals surface area contributed by atoms with Crippen molar-refractivity contribution in [2.45, 2.75) is 58.5 Å². The van der Waals surface area contributed by atoms with Gasteiger partial charge in [0.1, 0.15) is 5.75 Å². The maximum absolute atomic E-state index is 5.49. The Kier molecular flexibility index (Phi) is 4.87. The number of ether oxygens (including phenoxy) is 1. The molecule has 0 saturated heterocycles. The van der Waals surface area contributed by atoms with E-state index in [1.807, 2.05) is 0 Å². The Labute approximate surface area is 117 Å². The second-order valence-electron chi connectivity index (χ2n) is 5.83. The van der Waals surface area contributed by atoms with Crippen LogP contribution in [0.3, 0.4) is 0 Å². The number of hydrogen-bond donors (Lipinski definition) is 0. The van der Waals surface area contributed by atoms with Crippen LogP contribution in [-0.2, 0) is 12.8 Å². The minimum absolute atomic E-state index is 0.636. The van der Waals surface area contributed by atoms with Gasteiger partial charge in [-0.3, -0.25) is 4.90 Å². The third-order valence-electron chi connectivity index (χ3n) is 4.25. The summed E-state index contributed by atoms with van der Waals surface area (Å²) in [4.78, 5) is 2.67. The van der Waals surface area contributed by atoms with Crippen LogP contribution in [0.4, 0.5) is 0 Å². The van der Waals surface area contributed by atoms with Crippen LogP contribution in [0.1, 0.15) is 44.7 Å². The zero-order valence-corrected chi connectivity index (χ0v) is 12.8. The molecule has 1 unspecified atom stereocenters. The molecule has 19 heavy (non-hydrogen) atoms. The van der Waals surface area contributed by atoms with Crippen LogP contribution < -0.4 is 4.74 Å². The topological polar surface area (TPSA) is 12.5 Å². The van der Waals surface area contributed by atoms with E-state index < -0.39 is 0 Å². The maximum atomic E-state index is 5.49. The van der Waals surface area contributed by atoms with Crippen LogP contribution >= 0.6 is 0 Å². The smallest absolute Gasteiger partial charge is 0.122 e. The van der Waals surface area contributed by atoms with Gasteiger partial charge < -0.3 is 4.74 Å². The highest BCUT2D eigenvalue weighted by Gasteiger charge is 2.26. The molecular weight excluding hydrogens is 234 g/mol. The lowest BCUT2D eigenvalue weighted by Crippen LogP contribution is -2.44. The first-order valence-electron chi connectivity index (χ1n) is 7.57. The van der Waals surface area contributed by atoms with Crippen molar-refractivity contribution in [3.63, 3.8) is 0 Å². The molecule has 0 fully saturated rings. The largest absolute Gasteiger partial charge is 0.496 e. The summed E-state index contributed by atoms with van der Waals surface area (Å²) in [6.45, 7) is 8.12. The number of nitrogens with zero attached hydrogens (tertiary/aromatic N) is 1. The lowest BCUT2D eigenvalue weighted by atomic mass is 9.86. The highest BCUT2D eigenvalue weighted by molar-refractivity contribution is 5.42. The van der Waals surface area contributed by atoms with E-state index in [4.69, 9.17) is 4.74 Å². The molecule has 0 radical (unpaired) electrons. The van der Waals surface area contributed by atoms with Crippen molar-refractivity contribution in [1.82, 2.24) is 4.90 Å². The molecule has 0 aromatic heterocycles. The fourth-order valence-corrected chi connectivity index (χ4v) is 3.35. The van der Waals surface area contributed by atoms with Crippen molar-refractivity contribution < 1.29 is 4.74 Å². The van der Waals surface area contributed by atoms with Gasteiger partial charge in [0, 0.05) is 12.1 Å². The summed E-state index contributed by atoms with van der Waals surface area (Å²) < 4.78 is 5.49. The molecular formula is C17H27NO. The predicted molar refractivity (Wildman–Crippen MR) is 80.9 cm³/mol. The molecule has 0 aliphatic heterocycles. The third kappa shape index (κ3) is 3.11. The minimum Gasteiger partial charge on any atom is -0.496 e. The Morgan fingerprint density at radius 2 is 2.16 bits per heavy atom. The summed E-state index contributed by atoms with van der Waals surface area (Å²) in [5, 5.41) is 0. The number of benzene rings is 1. The number of fused-ring (bicyclic) bond motifs is 1. The van der Waals surface area contributed by atoms with Gasteiger partial charge in [0.25, 0.3) is 0 Å². The van der Waals surface area contributed by atoms with E-state index in [0.717, 1.165) is 12.2 Å². The van der Waals surface area contributed by atoms with E-state index in [0.29, 0.717) is 12.1 Å². The second kappa shape index (κ2) is 6.42. The van der Waals surface area contributed by atoms with E-state index >= 15 is 0 Å². The number of rotatable bonds is 5. The highest BCUT2D eigenvalue weighted by atomic mass is 16.5. The van der Waals surface area contributed by atoms with Gasteiger partial charge in [-0.05, 0) is 63.3 Å². The normalized spacial score (nSPS) is 18.7. The van der Waals surface area contributed by atoms with Gasteiger partial charge in [-0.15, -0.1) is 0 Å². The van der Waals surface area contributed by atoms with Crippen molar-refractivity contribution in [3.05, 3.63) is 29.3 Å². The minimum atomic E-state index is 0.636. The van der Waals surface area contributed by atoms with Crippen LogP contribution in [0.25, 0.3) is 0 Å². The molecule has 1 aliphatic carbocycles. The van der Waals surface area contributed by atoms with Crippen molar-refractivity contribution in [1.29, 1.82) is 0 Å². The van der Waals surface area contributed by atoms with E-state index in [-0.39, 0.29) is 0 Å². The molecule has 0 spiro atoms. The van der Waals surface area contributed by atoms with E-state index in [1.54, 1.807) is 7.11 Å².